The van der Waals surface area contributed by atoms with E-state index in [2.05, 4.69) is 0 Å². The van der Waals surface area contributed by atoms with Gasteiger partial charge in [-0.3, -0.25) is 9.59 Å². The van der Waals surface area contributed by atoms with Crippen LogP contribution < -0.4 is 11.5 Å². The van der Waals surface area contributed by atoms with Gasteiger partial charge >= 0.3 is 0 Å². The van der Waals surface area contributed by atoms with Crippen LogP contribution in [0.1, 0.15) is 31.8 Å². The number of benzene rings is 1. The highest BCUT2D eigenvalue weighted by atomic mass is 16.3. The van der Waals surface area contributed by atoms with Crippen LogP contribution in [0.15, 0.2) is 6.07 Å². The van der Waals surface area contributed by atoms with Crippen LogP contribution in [0.2, 0.25) is 0 Å². The highest BCUT2D eigenvalue weighted by Gasteiger charge is 2.25. The lowest BCUT2D eigenvalue weighted by Crippen LogP contribution is -2.25. The zero-order chi connectivity index (χ0) is 17.7. The summed E-state index contributed by atoms with van der Waals surface area (Å²) >= 11 is 0. The Balaban J connectivity index is 3.57. The van der Waals surface area contributed by atoms with Gasteiger partial charge in [-0.25, -0.2) is 0 Å². The molecule has 1 aromatic carbocycles. The molecule has 0 aliphatic rings. The van der Waals surface area contributed by atoms with Gasteiger partial charge in [0.15, 0.2) is 0 Å². The van der Waals surface area contributed by atoms with Crippen molar-refractivity contribution in [1.29, 1.82) is 0 Å². The molecule has 0 aliphatic carbocycles. The Morgan fingerprint density at radius 3 is 1.52 bits per heavy atom. The lowest BCUT2D eigenvalue weighted by atomic mass is 9.90. The van der Waals surface area contributed by atoms with Crippen molar-refractivity contribution in [2.45, 2.75) is 25.0 Å². The van der Waals surface area contributed by atoms with Crippen LogP contribution in [0.3, 0.4) is 0 Å². The molecule has 1 aromatic rings. The van der Waals surface area contributed by atoms with Crippen molar-refractivity contribution in [1.82, 2.24) is 0 Å². The van der Waals surface area contributed by atoms with Gasteiger partial charge in [-0.2, -0.15) is 0 Å². The zero-order valence-corrected chi connectivity index (χ0v) is 12.3. The maximum absolute atomic E-state index is 11.5. The second-order valence-corrected chi connectivity index (χ2v) is 5.09. The van der Waals surface area contributed by atoms with Crippen molar-refractivity contribution in [2.24, 2.45) is 11.5 Å². The summed E-state index contributed by atoms with van der Waals surface area (Å²) in [7, 11) is 0. The monoisotopic (exact) mass is 328 g/mol. The van der Waals surface area contributed by atoms with Gasteiger partial charge in [0.25, 0.3) is 0 Å². The first kappa shape index (κ1) is 18.8. The number of rotatable bonds is 8. The van der Waals surface area contributed by atoms with Gasteiger partial charge in [0.1, 0.15) is 5.75 Å². The molecule has 0 aliphatic heterocycles. The predicted molar refractivity (Wildman–Crippen MR) is 78.7 cm³/mol. The van der Waals surface area contributed by atoms with Gasteiger partial charge < -0.3 is 37.0 Å². The first-order chi connectivity index (χ1) is 10.7. The summed E-state index contributed by atoms with van der Waals surface area (Å²) in [5, 5.41) is 47.3. The molecule has 0 radical (unpaired) electrons. The predicted octanol–water partition coefficient (Wildman–Crippen LogP) is -2.62. The number of phenols is 1. The number of hydrogen-bond acceptors (Lipinski definition) is 7. The van der Waals surface area contributed by atoms with E-state index in [0.29, 0.717) is 0 Å². The fourth-order valence-electron chi connectivity index (χ4n) is 2.21. The molecule has 0 spiro atoms. The Morgan fingerprint density at radius 2 is 1.26 bits per heavy atom. The minimum absolute atomic E-state index is 0.0795. The average molecular weight is 328 g/mol. The molecule has 0 fully saturated rings. The van der Waals surface area contributed by atoms with Gasteiger partial charge in [0.2, 0.25) is 11.8 Å². The second-order valence-electron chi connectivity index (χ2n) is 5.09. The topological polar surface area (TPSA) is 187 Å². The van der Waals surface area contributed by atoms with Crippen LogP contribution in [0.25, 0.3) is 0 Å². The standard InChI is InChI=1S/C14H20N2O7/c15-13(22)10-3-11(14(16)23)9(2-7(20)5-18)12(21)8(10)1-6(19)4-17/h3,6-7,17-21H,1-2,4-5H2,(H2,15,22)(H2,16,23). The third kappa shape index (κ3) is 4.39. The molecule has 2 unspecified atom stereocenters. The normalized spacial score (nSPS) is 13.6. The quantitative estimate of drug-likeness (QED) is 0.272. The Morgan fingerprint density at radius 1 is 0.913 bits per heavy atom. The van der Waals surface area contributed by atoms with Crippen molar-refractivity contribution >= 4 is 11.8 Å². The lowest BCUT2D eigenvalue weighted by Gasteiger charge is -2.19. The summed E-state index contributed by atoms with van der Waals surface area (Å²) < 4.78 is 0. The molecule has 0 saturated heterocycles. The van der Waals surface area contributed by atoms with Gasteiger partial charge in [0, 0.05) is 35.1 Å². The molecule has 9 nitrogen and oxygen atoms in total. The van der Waals surface area contributed by atoms with E-state index >= 15 is 0 Å². The molecule has 9 heteroatoms. The minimum Gasteiger partial charge on any atom is -0.507 e. The number of aliphatic hydroxyl groups is 4. The molecule has 128 valence electrons. The number of amides is 2. The smallest absolute Gasteiger partial charge is 0.249 e. The summed E-state index contributed by atoms with van der Waals surface area (Å²) in [5.74, 6) is -2.47. The van der Waals surface area contributed by atoms with E-state index in [1.807, 2.05) is 0 Å². The van der Waals surface area contributed by atoms with E-state index in [9.17, 15) is 24.9 Å². The fourth-order valence-corrected chi connectivity index (χ4v) is 2.21. The van der Waals surface area contributed by atoms with Crippen molar-refractivity contribution < 1.29 is 35.1 Å². The van der Waals surface area contributed by atoms with E-state index in [1.165, 1.54) is 0 Å². The van der Waals surface area contributed by atoms with Crippen molar-refractivity contribution in [3.05, 3.63) is 28.3 Å². The number of carbonyl (C=O) groups is 2. The number of aromatic hydroxyl groups is 1. The van der Waals surface area contributed by atoms with E-state index in [4.69, 9.17) is 21.7 Å². The van der Waals surface area contributed by atoms with Crippen LogP contribution in [0, 0.1) is 0 Å². The molecular weight excluding hydrogens is 308 g/mol. The minimum atomic E-state index is -1.27. The van der Waals surface area contributed by atoms with Crippen molar-refractivity contribution in [2.75, 3.05) is 13.2 Å². The maximum Gasteiger partial charge on any atom is 0.249 e. The van der Waals surface area contributed by atoms with Gasteiger partial charge in [0.05, 0.1) is 25.4 Å². The average Bonchev–Trinajstić information content (AvgIpc) is 2.49. The number of carbonyl (C=O) groups excluding carboxylic acids is 2. The third-order valence-corrected chi connectivity index (χ3v) is 3.34. The first-order valence-electron chi connectivity index (χ1n) is 6.78. The highest BCUT2D eigenvalue weighted by molar-refractivity contribution is 6.01. The first-order valence-corrected chi connectivity index (χ1v) is 6.78. The number of primary amides is 2. The van der Waals surface area contributed by atoms with Crippen molar-refractivity contribution in [3.8, 4) is 5.75 Å². The summed E-state index contributed by atoms with van der Waals surface area (Å²) in [5.41, 5.74) is 9.80. The SMILES string of the molecule is NC(=O)c1cc(C(N)=O)c(CC(O)CO)c(O)c1CC(O)CO. The number of nitrogens with two attached hydrogens (primary N) is 2. The maximum atomic E-state index is 11.5. The summed E-state index contributed by atoms with van der Waals surface area (Å²) in [6.07, 6.45) is -3.15. The Kier molecular flexibility index (Phi) is 6.46. The summed E-state index contributed by atoms with van der Waals surface area (Å²) in [4.78, 5) is 23.1. The van der Waals surface area contributed by atoms with Gasteiger partial charge in [-0.05, 0) is 6.07 Å². The van der Waals surface area contributed by atoms with Crippen LogP contribution in [-0.2, 0) is 12.8 Å². The fraction of sp³-hybridized carbons (Fsp3) is 0.429. The molecule has 2 atom stereocenters. The van der Waals surface area contributed by atoms with Crippen molar-refractivity contribution in [3.63, 3.8) is 0 Å². The van der Waals surface area contributed by atoms with E-state index in [1.54, 1.807) is 0 Å². The molecule has 0 aromatic heterocycles. The van der Waals surface area contributed by atoms with E-state index in [0.717, 1.165) is 6.07 Å². The van der Waals surface area contributed by atoms with Crippen LogP contribution >= 0.6 is 0 Å². The second kappa shape index (κ2) is 7.88. The molecular formula is C14H20N2O7. The number of phenolic OH excluding ortho intramolecular Hbond substituents is 1. The van der Waals surface area contributed by atoms with Crippen LogP contribution in [-0.4, -0.2) is 62.8 Å². The van der Waals surface area contributed by atoms with Gasteiger partial charge in [-0.15, -0.1) is 0 Å². The summed E-state index contributed by atoms with van der Waals surface area (Å²) in [6, 6.07) is 1.06. The lowest BCUT2D eigenvalue weighted by molar-refractivity contribution is 0.0917. The van der Waals surface area contributed by atoms with Crippen LogP contribution in [0.5, 0.6) is 5.75 Å². The Hall–Kier alpha value is -2.20. The highest BCUT2D eigenvalue weighted by Crippen LogP contribution is 2.32. The van der Waals surface area contributed by atoms with E-state index in [-0.39, 0.29) is 35.1 Å². The third-order valence-electron chi connectivity index (χ3n) is 3.34. The number of hydrogen-bond donors (Lipinski definition) is 7. The summed E-state index contributed by atoms with van der Waals surface area (Å²) in [6.45, 7) is -1.24. The molecule has 0 bridgehead atoms. The molecule has 2 amide bonds. The van der Waals surface area contributed by atoms with Crippen LogP contribution in [0.4, 0.5) is 0 Å². The molecule has 0 heterocycles. The molecule has 0 saturated carbocycles. The Bertz CT molecular complexity index is 555. The molecule has 1 rings (SSSR count). The van der Waals surface area contributed by atoms with E-state index < -0.39 is 43.0 Å². The Labute approximate surface area is 131 Å². The van der Waals surface area contributed by atoms with Gasteiger partial charge in [-0.1, -0.05) is 0 Å². The molecule has 23 heavy (non-hydrogen) atoms. The number of aliphatic hydroxyl groups excluding tert-OH is 4. The largest absolute Gasteiger partial charge is 0.507 e. The zero-order valence-electron chi connectivity index (χ0n) is 12.3. The molecule has 9 N–H and O–H groups in total.